The van der Waals surface area contributed by atoms with Crippen molar-refractivity contribution in [3.8, 4) is 5.88 Å². The molecule has 1 N–H and O–H groups in total. The van der Waals surface area contributed by atoms with Gasteiger partial charge in [-0.15, -0.1) is 0 Å². The molecule has 110 valence electrons. The lowest BCUT2D eigenvalue weighted by Gasteiger charge is -2.08. The molecule has 0 atom stereocenters. The third-order valence-corrected chi connectivity index (χ3v) is 3.19. The lowest BCUT2D eigenvalue weighted by molar-refractivity contribution is 0.293. The standard InChI is InChI=1S/C18H17N3O/c1-3-7-15(8-4-1)12-19-17-11-18(21-14-20-17)22-13-16-9-5-2-6-10-16/h1-11,14H,12-13H2,(H,19,20,21). The molecular weight excluding hydrogens is 274 g/mol. The van der Waals surface area contributed by atoms with Crippen molar-refractivity contribution < 1.29 is 4.74 Å². The van der Waals surface area contributed by atoms with Crippen molar-refractivity contribution in [2.24, 2.45) is 0 Å². The Morgan fingerprint density at radius 3 is 2.23 bits per heavy atom. The zero-order valence-electron chi connectivity index (χ0n) is 12.1. The normalized spacial score (nSPS) is 10.2. The van der Waals surface area contributed by atoms with E-state index in [2.05, 4.69) is 27.4 Å². The second kappa shape index (κ2) is 7.22. The largest absolute Gasteiger partial charge is 0.473 e. The fraction of sp³-hybridized carbons (Fsp3) is 0.111. The molecule has 0 spiro atoms. The van der Waals surface area contributed by atoms with E-state index < -0.39 is 0 Å². The second-order valence-corrected chi connectivity index (χ2v) is 4.85. The number of anilines is 1. The highest BCUT2D eigenvalue weighted by molar-refractivity contribution is 5.38. The minimum atomic E-state index is 0.496. The van der Waals surface area contributed by atoms with E-state index in [-0.39, 0.29) is 0 Å². The number of aromatic nitrogens is 2. The second-order valence-electron chi connectivity index (χ2n) is 4.85. The molecule has 0 fully saturated rings. The number of nitrogens with zero attached hydrogens (tertiary/aromatic N) is 2. The summed E-state index contributed by atoms with van der Waals surface area (Å²) in [5.41, 5.74) is 2.31. The van der Waals surface area contributed by atoms with E-state index in [4.69, 9.17) is 4.74 Å². The van der Waals surface area contributed by atoms with Crippen molar-refractivity contribution in [2.45, 2.75) is 13.2 Å². The summed E-state index contributed by atoms with van der Waals surface area (Å²) in [7, 11) is 0. The Hall–Kier alpha value is -2.88. The minimum absolute atomic E-state index is 0.496. The molecule has 0 saturated heterocycles. The summed E-state index contributed by atoms with van der Waals surface area (Å²) >= 11 is 0. The van der Waals surface area contributed by atoms with Crippen molar-refractivity contribution in [3.05, 3.63) is 84.2 Å². The van der Waals surface area contributed by atoms with Crippen molar-refractivity contribution in [1.29, 1.82) is 0 Å². The summed E-state index contributed by atoms with van der Waals surface area (Å²) in [6, 6.07) is 22.0. The van der Waals surface area contributed by atoms with Crippen molar-refractivity contribution in [2.75, 3.05) is 5.32 Å². The number of hydrogen-bond donors (Lipinski definition) is 1. The third kappa shape index (κ3) is 4.06. The van der Waals surface area contributed by atoms with Crippen LogP contribution in [0.5, 0.6) is 5.88 Å². The summed E-state index contributed by atoms with van der Waals surface area (Å²) in [5, 5.41) is 3.27. The highest BCUT2D eigenvalue weighted by atomic mass is 16.5. The highest BCUT2D eigenvalue weighted by Gasteiger charge is 2.01. The molecule has 4 nitrogen and oxygen atoms in total. The molecule has 22 heavy (non-hydrogen) atoms. The fourth-order valence-corrected chi connectivity index (χ4v) is 2.04. The summed E-state index contributed by atoms with van der Waals surface area (Å²) in [6.45, 7) is 1.21. The Morgan fingerprint density at radius 1 is 0.818 bits per heavy atom. The molecule has 0 unspecified atom stereocenters. The van der Waals surface area contributed by atoms with Crippen LogP contribution < -0.4 is 10.1 Å². The van der Waals surface area contributed by atoms with Gasteiger partial charge in [0.1, 0.15) is 18.8 Å². The van der Waals surface area contributed by atoms with Crippen LogP contribution >= 0.6 is 0 Å². The molecule has 0 aliphatic rings. The zero-order valence-corrected chi connectivity index (χ0v) is 12.1. The predicted molar refractivity (Wildman–Crippen MR) is 86.6 cm³/mol. The quantitative estimate of drug-likeness (QED) is 0.753. The van der Waals surface area contributed by atoms with Crippen LogP contribution in [-0.2, 0) is 13.2 Å². The van der Waals surface area contributed by atoms with Crippen molar-refractivity contribution >= 4 is 5.82 Å². The Kier molecular flexibility index (Phi) is 4.62. The molecule has 0 amide bonds. The van der Waals surface area contributed by atoms with E-state index >= 15 is 0 Å². The number of hydrogen-bond acceptors (Lipinski definition) is 4. The average molecular weight is 291 g/mol. The molecule has 1 heterocycles. The molecule has 0 radical (unpaired) electrons. The SMILES string of the molecule is c1ccc(CNc2cc(OCc3ccccc3)ncn2)cc1. The van der Waals surface area contributed by atoms with Crippen LogP contribution in [0.15, 0.2) is 73.1 Å². The van der Waals surface area contributed by atoms with Crippen LogP contribution in [0.25, 0.3) is 0 Å². The van der Waals surface area contributed by atoms with Gasteiger partial charge in [-0.3, -0.25) is 0 Å². The Balaban J connectivity index is 1.58. The molecule has 3 aromatic rings. The van der Waals surface area contributed by atoms with Gasteiger partial charge >= 0.3 is 0 Å². The molecule has 2 aromatic carbocycles. The molecule has 0 saturated carbocycles. The maximum absolute atomic E-state index is 5.69. The van der Waals surface area contributed by atoms with Gasteiger partial charge in [0.2, 0.25) is 5.88 Å². The van der Waals surface area contributed by atoms with Gasteiger partial charge in [0.25, 0.3) is 0 Å². The van der Waals surface area contributed by atoms with Crippen LogP contribution in [-0.4, -0.2) is 9.97 Å². The van der Waals surface area contributed by atoms with Crippen LogP contribution in [0.3, 0.4) is 0 Å². The third-order valence-electron chi connectivity index (χ3n) is 3.19. The van der Waals surface area contributed by atoms with Crippen LogP contribution in [0.4, 0.5) is 5.82 Å². The number of ether oxygens (including phenoxy) is 1. The Morgan fingerprint density at radius 2 is 1.50 bits per heavy atom. The maximum Gasteiger partial charge on any atom is 0.218 e. The number of rotatable bonds is 6. The van der Waals surface area contributed by atoms with E-state index in [9.17, 15) is 0 Å². The summed E-state index contributed by atoms with van der Waals surface area (Å²) in [5.74, 6) is 1.32. The lowest BCUT2D eigenvalue weighted by atomic mass is 10.2. The van der Waals surface area contributed by atoms with Gasteiger partial charge in [0, 0.05) is 12.6 Å². The first-order valence-corrected chi connectivity index (χ1v) is 7.17. The van der Waals surface area contributed by atoms with Gasteiger partial charge in [0.05, 0.1) is 0 Å². The molecule has 4 heteroatoms. The van der Waals surface area contributed by atoms with E-state index in [1.54, 1.807) is 0 Å². The molecule has 0 aliphatic heterocycles. The summed E-state index contributed by atoms with van der Waals surface area (Å²) < 4.78 is 5.69. The van der Waals surface area contributed by atoms with Gasteiger partial charge in [-0.1, -0.05) is 60.7 Å². The van der Waals surface area contributed by atoms with Gasteiger partial charge in [0.15, 0.2) is 0 Å². The molecule has 0 bridgehead atoms. The highest BCUT2D eigenvalue weighted by Crippen LogP contribution is 2.14. The first kappa shape index (κ1) is 14.1. The van der Waals surface area contributed by atoms with E-state index in [0.717, 1.165) is 17.9 Å². The Bertz CT molecular complexity index is 643. The smallest absolute Gasteiger partial charge is 0.218 e. The van der Waals surface area contributed by atoms with Crippen LogP contribution in [0.2, 0.25) is 0 Å². The molecule has 3 rings (SSSR count). The van der Waals surface area contributed by atoms with Crippen molar-refractivity contribution in [1.82, 2.24) is 9.97 Å². The Labute approximate surface area is 129 Å². The predicted octanol–water partition coefficient (Wildman–Crippen LogP) is 3.67. The lowest BCUT2D eigenvalue weighted by Crippen LogP contribution is -2.03. The van der Waals surface area contributed by atoms with Gasteiger partial charge in [-0.2, -0.15) is 0 Å². The van der Waals surface area contributed by atoms with Crippen LogP contribution in [0, 0.1) is 0 Å². The van der Waals surface area contributed by atoms with Crippen LogP contribution in [0.1, 0.15) is 11.1 Å². The average Bonchev–Trinajstić information content (AvgIpc) is 2.60. The number of nitrogens with one attached hydrogen (secondary N) is 1. The number of benzene rings is 2. The van der Waals surface area contributed by atoms with E-state index in [0.29, 0.717) is 12.5 Å². The minimum Gasteiger partial charge on any atom is -0.473 e. The summed E-state index contributed by atoms with van der Waals surface area (Å²) in [4.78, 5) is 8.34. The topological polar surface area (TPSA) is 47.0 Å². The van der Waals surface area contributed by atoms with Gasteiger partial charge < -0.3 is 10.1 Å². The maximum atomic E-state index is 5.69. The van der Waals surface area contributed by atoms with E-state index in [1.807, 2.05) is 54.6 Å². The van der Waals surface area contributed by atoms with Crippen molar-refractivity contribution in [3.63, 3.8) is 0 Å². The fourth-order valence-electron chi connectivity index (χ4n) is 2.04. The molecule has 0 aliphatic carbocycles. The first-order chi connectivity index (χ1) is 10.9. The van der Waals surface area contributed by atoms with Gasteiger partial charge in [-0.05, 0) is 11.1 Å². The van der Waals surface area contributed by atoms with E-state index in [1.165, 1.54) is 11.9 Å². The van der Waals surface area contributed by atoms with Gasteiger partial charge in [-0.25, -0.2) is 9.97 Å². The zero-order chi connectivity index (χ0) is 15.0. The monoisotopic (exact) mass is 291 g/mol. The molecule has 1 aromatic heterocycles. The summed E-state index contributed by atoms with van der Waals surface area (Å²) in [6.07, 6.45) is 1.51. The molecular formula is C18H17N3O. The first-order valence-electron chi connectivity index (χ1n) is 7.17.